The summed E-state index contributed by atoms with van der Waals surface area (Å²) in [6.45, 7) is 10.8. The van der Waals surface area contributed by atoms with E-state index in [9.17, 15) is 4.79 Å². The molecular formula is C40H60O3S4. The van der Waals surface area contributed by atoms with E-state index < -0.39 is 0 Å². The van der Waals surface area contributed by atoms with Gasteiger partial charge in [-0.3, -0.25) is 0 Å². The van der Waals surface area contributed by atoms with Crippen molar-refractivity contribution >= 4 is 56.5 Å². The number of aryl methyl sites for hydroxylation is 3. The van der Waals surface area contributed by atoms with Crippen molar-refractivity contribution in [2.75, 3.05) is 36.2 Å². The molecule has 2 aromatic carbocycles. The fourth-order valence-electron chi connectivity index (χ4n) is 6.71. The smallest absolute Gasteiger partial charge is 0.333 e. The zero-order chi connectivity index (χ0) is 34.2. The molecule has 0 aliphatic heterocycles. The van der Waals surface area contributed by atoms with Gasteiger partial charge in [0.1, 0.15) is 5.75 Å². The lowest BCUT2D eigenvalue weighted by molar-refractivity contribution is -0.139. The van der Waals surface area contributed by atoms with Crippen LogP contribution in [0, 0.1) is 11.3 Å². The Morgan fingerprint density at radius 3 is 2.11 bits per heavy atom. The second-order valence-corrected chi connectivity index (χ2v) is 15.1. The normalized spacial score (nSPS) is 16.7. The highest BCUT2D eigenvalue weighted by Gasteiger charge is 2.28. The Balaban J connectivity index is 1.95. The van der Waals surface area contributed by atoms with Gasteiger partial charge in [0.15, 0.2) is 0 Å². The molecule has 7 heteroatoms. The van der Waals surface area contributed by atoms with Crippen LogP contribution >= 0.6 is 50.5 Å². The molecule has 1 aliphatic rings. The van der Waals surface area contributed by atoms with Crippen molar-refractivity contribution in [1.82, 2.24) is 0 Å². The van der Waals surface area contributed by atoms with Gasteiger partial charge in [0, 0.05) is 28.2 Å². The molecule has 0 aromatic heterocycles. The van der Waals surface area contributed by atoms with Crippen LogP contribution in [-0.2, 0) is 28.8 Å². The van der Waals surface area contributed by atoms with Crippen LogP contribution in [0.4, 0.5) is 0 Å². The lowest BCUT2D eigenvalue weighted by atomic mass is 9.76. The Morgan fingerprint density at radius 2 is 1.53 bits per heavy atom. The average molecular weight is 717 g/mol. The number of benzene rings is 2. The summed E-state index contributed by atoms with van der Waals surface area (Å²) in [5.41, 5.74) is 7.97. The standard InChI is InChI=1S/C40H60O3S4/c1-5-7-8-11-30-14-16-32(17-15-30)33-18-19-37(31(6-2)22-33)36-23-34(12-9-20-42-39(41)29(3)4)38(35(24-36)13-10-21-44)43-25-40(26-45,27-46)28-47/h18-19,22-24,30,32,44-47H,3,5-17,20-21,25-28H2,1-2,4H3. The van der Waals surface area contributed by atoms with Gasteiger partial charge in [-0.1, -0.05) is 64.3 Å². The van der Waals surface area contributed by atoms with Gasteiger partial charge in [-0.2, -0.15) is 50.5 Å². The molecule has 3 nitrogen and oxygen atoms in total. The minimum atomic E-state index is -0.344. The molecule has 262 valence electrons. The molecule has 0 heterocycles. The van der Waals surface area contributed by atoms with Crippen molar-refractivity contribution < 1.29 is 14.3 Å². The second-order valence-electron chi connectivity index (χ2n) is 13.7. The van der Waals surface area contributed by atoms with Crippen LogP contribution < -0.4 is 4.74 Å². The van der Waals surface area contributed by atoms with Crippen molar-refractivity contribution in [3.8, 4) is 16.9 Å². The summed E-state index contributed by atoms with van der Waals surface area (Å²) in [6.07, 6.45) is 15.1. The molecule has 0 unspecified atom stereocenters. The molecule has 0 bridgehead atoms. The summed E-state index contributed by atoms with van der Waals surface area (Å²) in [5.74, 6) is 4.90. The van der Waals surface area contributed by atoms with Crippen LogP contribution in [0.25, 0.3) is 11.1 Å². The van der Waals surface area contributed by atoms with E-state index in [-0.39, 0.29) is 11.4 Å². The number of unbranched alkanes of at least 4 members (excludes halogenated alkanes) is 2. The van der Waals surface area contributed by atoms with Crippen molar-refractivity contribution in [2.24, 2.45) is 11.3 Å². The number of hydrogen-bond donors (Lipinski definition) is 4. The van der Waals surface area contributed by atoms with Crippen LogP contribution in [0.3, 0.4) is 0 Å². The van der Waals surface area contributed by atoms with E-state index in [0.717, 1.165) is 48.7 Å². The van der Waals surface area contributed by atoms with Crippen molar-refractivity contribution in [3.63, 3.8) is 0 Å². The Bertz CT molecular complexity index is 1260. The number of esters is 1. The highest BCUT2D eigenvalue weighted by Crippen LogP contribution is 2.41. The van der Waals surface area contributed by atoms with Crippen molar-refractivity contribution in [3.05, 3.63) is 64.7 Å². The predicted octanol–water partition coefficient (Wildman–Crippen LogP) is 10.8. The third-order valence-electron chi connectivity index (χ3n) is 9.90. The highest BCUT2D eigenvalue weighted by molar-refractivity contribution is 7.82. The van der Waals surface area contributed by atoms with Crippen molar-refractivity contribution in [1.29, 1.82) is 0 Å². The first kappa shape index (κ1) is 40.3. The maximum absolute atomic E-state index is 12.1. The summed E-state index contributed by atoms with van der Waals surface area (Å²) in [4.78, 5) is 12.1. The minimum absolute atomic E-state index is 0.233. The molecule has 0 atom stereocenters. The Hall–Kier alpha value is -1.15. The summed E-state index contributed by atoms with van der Waals surface area (Å²) in [6, 6.07) is 11.9. The number of hydrogen-bond acceptors (Lipinski definition) is 7. The lowest BCUT2D eigenvalue weighted by Crippen LogP contribution is -2.35. The average Bonchev–Trinajstić information content (AvgIpc) is 3.10. The van der Waals surface area contributed by atoms with E-state index in [1.165, 1.54) is 79.2 Å². The zero-order valence-electron chi connectivity index (χ0n) is 29.2. The largest absolute Gasteiger partial charge is 0.492 e. The Kier molecular flexibility index (Phi) is 18.1. The molecule has 3 rings (SSSR count). The SMILES string of the molecule is C=C(C)C(=O)OCCCc1cc(-c2ccc(C3CCC(CCCCC)CC3)cc2CC)cc(CCCS)c1OCC(CS)(CS)CS. The first-order chi connectivity index (χ1) is 22.7. The molecule has 0 saturated heterocycles. The predicted molar refractivity (Wildman–Crippen MR) is 216 cm³/mol. The van der Waals surface area contributed by atoms with Gasteiger partial charge in [0.25, 0.3) is 0 Å². The zero-order valence-corrected chi connectivity index (χ0v) is 32.8. The van der Waals surface area contributed by atoms with E-state index in [4.69, 9.17) is 9.47 Å². The third-order valence-corrected chi connectivity index (χ3v) is 12.2. The van der Waals surface area contributed by atoms with Crippen LogP contribution in [-0.4, -0.2) is 42.2 Å². The lowest BCUT2D eigenvalue weighted by Gasteiger charge is -2.30. The molecule has 0 amide bonds. The number of carbonyl (C=O) groups is 1. The van der Waals surface area contributed by atoms with Gasteiger partial charge in [0.05, 0.1) is 13.2 Å². The molecule has 0 radical (unpaired) electrons. The van der Waals surface area contributed by atoms with Crippen LogP contribution in [0.15, 0.2) is 42.5 Å². The van der Waals surface area contributed by atoms with E-state index in [2.05, 4.69) is 101 Å². The second kappa shape index (κ2) is 21.2. The Morgan fingerprint density at radius 1 is 0.872 bits per heavy atom. The van der Waals surface area contributed by atoms with E-state index in [1.54, 1.807) is 6.92 Å². The minimum Gasteiger partial charge on any atom is -0.492 e. The topological polar surface area (TPSA) is 35.5 Å². The van der Waals surface area contributed by atoms with E-state index in [0.29, 0.717) is 48.4 Å². The summed E-state index contributed by atoms with van der Waals surface area (Å²) in [7, 11) is 0. The number of ether oxygens (including phenoxy) is 2. The highest BCUT2D eigenvalue weighted by atomic mass is 32.1. The molecule has 47 heavy (non-hydrogen) atoms. The van der Waals surface area contributed by atoms with Gasteiger partial charge in [0.2, 0.25) is 0 Å². The molecule has 1 fully saturated rings. The maximum Gasteiger partial charge on any atom is 0.333 e. The monoisotopic (exact) mass is 716 g/mol. The fraction of sp³-hybridized carbons (Fsp3) is 0.625. The molecule has 1 aliphatic carbocycles. The first-order valence-electron chi connectivity index (χ1n) is 17.9. The first-order valence-corrected chi connectivity index (χ1v) is 20.4. The van der Waals surface area contributed by atoms with Crippen molar-refractivity contribution in [2.45, 2.75) is 110 Å². The van der Waals surface area contributed by atoms with Gasteiger partial charge in [-0.15, -0.1) is 0 Å². The summed E-state index contributed by atoms with van der Waals surface area (Å²) in [5, 5.41) is 0. The molecule has 0 spiro atoms. The van der Waals surface area contributed by atoms with Gasteiger partial charge in [-0.25, -0.2) is 4.79 Å². The van der Waals surface area contributed by atoms with E-state index >= 15 is 0 Å². The molecule has 1 saturated carbocycles. The van der Waals surface area contributed by atoms with Crippen LogP contribution in [0.1, 0.15) is 113 Å². The van der Waals surface area contributed by atoms with Gasteiger partial charge < -0.3 is 9.47 Å². The number of rotatable bonds is 21. The third kappa shape index (κ3) is 12.0. The van der Waals surface area contributed by atoms with Crippen LogP contribution in [0.2, 0.25) is 0 Å². The summed E-state index contributed by atoms with van der Waals surface area (Å²) >= 11 is 18.4. The number of carbonyl (C=O) groups excluding carboxylic acids is 1. The maximum atomic E-state index is 12.1. The van der Waals surface area contributed by atoms with Gasteiger partial charge in [-0.05, 0) is 128 Å². The van der Waals surface area contributed by atoms with Crippen LogP contribution in [0.5, 0.6) is 5.75 Å². The quantitative estimate of drug-likeness (QED) is 0.0450. The Labute approximate surface area is 308 Å². The summed E-state index contributed by atoms with van der Waals surface area (Å²) < 4.78 is 12.2. The number of thiol groups is 4. The molecular weight excluding hydrogens is 657 g/mol. The molecule has 2 aromatic rings. The van der Waals surface area contributed by atoms with Gasteiger partial charge >= 0.3 is 5.97 Å². The fourth-order valence-corrected chi connectivity index (χ4v) is 8.34. The molecule has 0 N–H and O–H groups in total. The van der Waals surface area contributed by atoms with E-state index in [1.807, 2.05) is 0 Å².